The van der Waals surface area contributed by atoms with E-state index in [1.165, 1.54) is 11.1 Å². The van der Waals surface area contributed by atoms with E-state index >= 15 is 0 Å². The smallest absolute Gasteiger partial charge is 0.222 e. The van der Waals surface area contributed by atoms with Gasteiger partial charge in [-0.2, -0.15) is 0 Å². The molecule has 0 aromatic heterocycles. The molecule has 0 saturated carbocycles. The Morgan fingerprint density at radius 1 is 0.923 bits per heavy atom. The fraction of sp³-hybridized carbons (Fsp3) is 0.409. The van der Waals surface area contributed by atoms with Crippen molar-refractivity contribution in [3.8, 4) is 0 Å². The van der Waals surface area contributed by atoms with Gasteiger partial charge in [0.15, 0.2) is 0 Å². The molecule has 1 heterocycles. The third kappa shape index (κ3) is 4.74. The van der Waals surface area contributed by atoms with Crippen molar-refractivity contribution in [2.45, 2.75) is 26.3 Å². The first-order valence-corrected chi connectivity index (χ1v) is 10.2. The normalized spacial score (nSPS) is 16.7. The molecule has 0 spiro atoms. The first kappa shape index (κ1) is 19.1. The SMILES string of the molecule is CC(C)CC(=O)N1CCN([C@H](c2ccccc2)c2ccc(Br)cc2)CC1. The van der Waals surface area contributed by atoms with Crippen LogP contribution in [0.3, 0.4) is 0 Å². The minimum Gasteiger partial charge on any atom is -0.340 e. The summed E-state index contributed by atoms with van der Waals surface area (Å²) in [5, 5.41) is 0. The lowest BCUT2D eigenvalue weighted by Crippen LogP contribution is -2.50. The Morgan fingerprint density at radius 2 is 1.50 bits per heavy atom. The van der Waals surface area contributed by atoms with Crippen molar-refractivity contribution in [1.29, 1.82) is 0 Å². The van der Waals surface area contributed by atoms with Crippen LogP contribution in [0.15, 0.2) is 59.1 Å². The third-order valence-corrected chi connectivity index (χ3v) is 5.44. The fourth-order valence-electron chi connectivity index (χ4n) is 3.60. The molecule has 3 nitrogen and oxygen atoms in total. The highest BCUT2D eigenvalue weighted by atomic mass is 79.9. The molecule has 0 aliphatic carbocycles. The number of hydrogen-bond donors (Lipinski definition) is 0. The van der Waals surface area contributed by atoms with Crippen LogP contribution in [-0.2, 0) is 4.79 Å². The zero-order chi connectivity index (χ0) is 18.5. The van der Waals surface area contributed by atoms with E-state index in [0.717, 1.165) is 30.7 Å². The van der Waals surface area contributed by atoms with Gasteiger partial charge in [0, 0.05) is 37.1 Å². The van der Waals surface area contributed by atoms with Crippen LogP contribution in [0.1, 0.15) is 37.4 Å². The number of carbonyl (C=O) groups excluding carboxylic acids is 1. The molecule has 0 bridgehead atoms. The topological polar surface area (TPSA) is 23.6 Å². The molecular formula is C22H27BrN2O. The molecule has 1 atom stereocenters. The highest BCUT2D eigenvalue weighted by Gasteiger charge is 2.28. The summed E-state index contributed by atoms with van der Waals surface area (Å²) in [6.45, 7) is 7.63. The minimum atomic E-state index is 0.228. The first-order valence-electron chi connectivity index (χ1n) is 9.37. The summed E-state index contributed by atoms with van der Waals surface area (Å²) in [5.41, 5.74) is 2.60. The summed E-state index contributed by atoms with van der Waals surface area (Å²) < 4.78 is 1.09. The van der Waals surface area contributed by atoms with Crippen molar-refractivity contribution >= 4 is 21.8 Å². The second-order valence-corrected chi connectivity index (χ2v) is 8.30. The van der Waals surface area contributed by atoms with Crippen molar-refractivity contribution in [2.75, 3.05) is 26.2 Å². The molecule has 0 unspecified atom stereocenters. The van der Waals surface area contributed by atoms with E-state index in [4.69, 9.17) is 0 Å². The lowest BCUT2D eigenvalue weighted by Gasteiger charge is -2.40. The number of nitrogens with zero attached hydrogens (tertiary/aromatic N) is 2. The summed E-state index contributed by atoms with van der Waals surface area (Å²) in [7, 11) is 0. The van der Waals surface area contributed by atoms with Gasteiger partial charge in [0.1, 0.15) is 0 Å². The molecule has 1 aliphatic rings. The van der Waals surface area contributed by atoms with E-state index in [2.05, 4.69) is 89.3 Å². The predicted octanol–water partition coefficient (Wildman–Crippen LogP) is 4.73. The fourth-order valence-corrected chi connectivity index (χ4v) is 3.87. The second kappa shape index (κ2) is 8.83. The summed E-state index contributed by atoms with van der Waals surface area (Å²) in [6, 6.07) is 19.5. The summed E-state index contributed by atoms with van der Waals surface area (Å²) in [6.07, 6.45) is 0.648. The second-order valence-electron chi connectivity index (χ2n) is 7.38. The lowest BCUT2D eigenvalue weighted by molar-refractivity contribution is -0.133. The average Bonchev–Trinajstić information content (AvgIpc) is 2.64. The highest BCUT2D eigenvalue weighted by Crippen LogP contribution is 2.30. The van der Waals surface area contributed by atoms with Crippen molar-refractivity contribution in [1.82, 2.24) is 9.80 Å². The van der Waals surface area contributed by atoms with E-state index in [-0.39, 0.29) is 6.04 Å². The Bertz CT molecular complexity index is 707. The maximum atomic E-state index is 12.4. The van der Waals surface area contributed by atoms with E-state index in [1.54, 1.807) is 0 Å². The number of hydrogen-bond acceptors (Lipinski definition) is 2. The van der Waals surface area contributed by atoms with Crippen LogP contribution in [0.25, 0.3) is 0 Å². The summed E-state index contributed by atoms with van der Waals surface area (Å²) in [4.78, 5) is 16.9. The van der Waals surface area contributed by atoms with Gasteiger partial charge in [-0.05, 0) is 29.2 Å². The molecule has 26 heavy (non-hydrogen) atoms. The zero-order valence-electron chi connectivity index (χ0n) is 15.6. The van der Waals surface area contributed by atoms with E-state index in [0.29, 0.717) is 18.2 Å². The number of halogens is 1. The van der Waals surface area contributed by atoms with E-state index < -0.39 is 0 Å². The Morgan fingerprint density at radius 3 is 2.08 bits per heavy atom. The number of benzene rings is 2. The zero-order valence-corrected chi connectivity index (χ0v) is 17.2. The Kier molecular flexibility index (Phi) is 6.49. The molecule has 1 amide bonds. The van der Waals surface area contributed by atoms with Crippen molar-refractivity contribution in [3.05, 3.63) is 70.2 Å². The van der Waals surface area contributed by atoms with Gasteiger partial charge >= 0.3 is 0 Å². The van der Waals surface area contributed by atoms with Crippen LogP contribution in [-0.4, -0.2) is 41.9 Å². The highest BCUT2D eigenvalue weighted by molar-refractivity contribution is 9.10. The molecule has 138 valence electrons. The predicted molar refractivity (Wildman–Crippen MR) is 110 cm³/mol. The maximum absolute atomic E-state index is 12.4. The number of carbonyl (C=O) groups is 1. The van der Waals surface area contributed by atoms with Crippen LogP contribution in [0, 0.1) is 5.92 Å². The quantitative estimate of drug-likeness (QED) is 0.705. The average molecular weight is 415 g/mol. The van der Waals surface area contributed by atoms with Crippen LogP contribution in [0.5, 0.6) is 0 Å². The molecule has 0 N–H and O–H groups in total. The van der Waals surface area contributed by atoms with Gasteiger partial charge in [0.05, 0.1) is 6.04 Å². The first-order chi connectivity index (χ1) is 12.5. The Balaban J connectivity index is 1.77. The van der Waals surface area contributed by atoms with Gasteiger partial charge in [0.25, 0.3) is 0 Å². The van der Waals surface area contributed by atoms with E-state index in [1.807, 2.05) is 4.90 Å². The Hall–Kier alpha value is -1.65. The van der Waals surface area contributed by atoms with Crippen molar-refractivity contribution < 1.29 is 4.79 Å². The summed E-state index contributed by atoms with van der Waals surface area (Å²) >= 11 is 3.53. The molecule has 1 saturated heterocycles. The van der Waals surface area contributed by atoms with Gasteiger partial charge in [0.2, 0.25) is 5.91 Å². The lowest BCUT2D eigenvalue weighted by atomic mass is 9.96. The van der Waals surface area contributed by atoms with E-state index in [9.17, 15) is 4.79 Å². The third-order valence-electron chi connectivity index (χ3n) is 4.92. The number of amides is 1. The van der Waals surface area contributed by atoms with Gasteiger partial charge in [-0.15, -0.1) is 0 Å². The van der Waals surface area contributed by atoms with Gasteiger partial charge in [-0.3, -0.25) is 9.69 Å². The van der Waals surface area contributed by atoms with Crippen molar-refractivity contribution in [2.24, 2.45) is 5.92 Å². The molecule has 0 radical (unpaired) electrons. The maximum Gasteiger partial charge on any atom is 0.222 e. The largest absolute Gasteiger partial charge is 0.340 e. The van der Waals surface area contributed by atoms with Gasteiger partial charge in [-0.25, -0.2) is 0 Å². The van der Waals surface area contributed by atoms with Crippen LogP contribution >= 0.6 is 15.9 Å². The molecule has 3 rings (SSSR count). The van der Waals surface area contributed by atoms with Crippen LogP contribution in [0.4, 0.5) is 0 Å². The van der Waals surface area contributed by atoms with Gasteiger partial charge in [-0.1, -0.05) is 72.2 Å². The molecular weight excluding hydrogens is 388 g/mol. The standard InChI is InChI=1S/C22H27BrN2O/c1-17(2)16-21(26)24-12-14-25(15-13-24)22(18-6-4-3-5-7-18)19-8-10-20(23)11-9-19/h3-11,17,22H,12-16H2,1-2H3/t22-/m1/s1. The molecule has 4 heteroatoms. The molecule has 1 fully saturated rings. The number of piperazine rings is 1. The van der Waals surface area contributed by atoms with Crippen LogP contribution < -0.4 is 0 Å². The molecule has 2 aromatic carbocycles. The Labute approximate surface area is 165 Å². The summed E-state index contributed by atoms with van der Waals surface area (Å²) in [5.74, 6) is 0.708. The number of rotatable bonds is 5. The minimum absolute atomic E-state index is 0.228. The van der Waals surface area contributed by atoms with Gasteiger partial charge < -0.3 is 4.90 Å². The molecule has 2 aromatic rings. The van der Waals surface area contributed by atoms with Crippen LogP contribution in [0.2, 0.25) is 0 Å². The monoisotopic (exact) mass is 414 g/mol. The molecule has 1 aliphatic heterocycles. The van der Waals surface area contributed by atoms with Crippen molar-refractivity contribution in [3.63, 3.8) is 0 Å².